The Bertz CT molecular complexity index is 2370. The molecule has 1 unspecified atom stereocenters. The number of amides is 4. The highest BCUT2D eigenvalue weighted by Crippen LogP contribution is 2.38. The Balaban J connectivity index is 0.908. The molecule has 53 heavy (non-hydrogen) atoms. The molecule has 2 aromatic carbocycles. The number of piperidine rings is 1. The Hall–Kier alpha value is -6.42. The summed E-state index contributed by atoms with van der Waals surface area (Å²) in [6, 6.07) is 9.34. The third-order valence-corrected chi connectivity index (χ3v) is 9.83. The summed E-state index contributed by atoms with van der Waals surface area (Å²) >= 11 is 0. The van der Waals surface area contributed by atoms with Crippen LogP contribution < -0.4 is 25.1 Å². The zero-order valence-corrected chi connectivity index (χ0v) is 29.1. The van der Waals surface area contributed by atoms with E-state index in [4.69, 9.17) is 14.2 Å². The molecule has 0 saturated carbocycles. The minimum atomic E-state index is -1.02. The van der Waals surface area contributed by atoms with E-state index in [0.29, 0.717) is 48.8 Å². The number of benzene rings is 2. The van der Waals surface area contributed by atoms with E-state index in [1.54, 1.807) is 50.6 Å². The first-order valence-corrected chi connectivity index (χ1v) is 16.9. The summed E-state index contributed by atoms with van der Waals surface area (Å²) in [5.74, 6) is -0.578. The molecular weight excluding hydrogens is 684 g/mol. The molecule has 2 fully saturated rings. The molecule has 3 aliphatic rings. The summed E-state index contributed by atoms with van der Waals surface area (Å²) in [5, 5.41) is 12.2. The van der Waals surface area contributed by atoms with Crippen molar-refractivity contribution >= 4 is 34.4 Å². The number of nitrogens with one attached hydrogen (secondary N) is 1. The highest BCUT2D eigenvalue weighted by atomic mass is 16.5. The zero-order chi connectivity index (χ0) is 37.0. The van der Waals surface area contributed by atoms with Gasteiger partial charge in [-0.15, -0.1) is 5.10 Å². The van der Waals surface area contributed by atoms with Gasteiger partial charge in [-0.3, -0.25) is 44.1 Å². The number of aromatic nitrogens is 5. The lowest BCUT2D eigenvalue weighted by Gasteiger charge is -2.38. The first-order chi connectivity index (χ1) is 25.6. The van der Waals surface area contributed by atoms with Crippen molar-refractivity contribution in [3.05, 3.63) is 93.9 Å². The van der Waals surface area contributed by atoms with E-state index in [9.17, 15) is 24.0 Å². The zero-order valence-electron chi connectivity index (χ0n) is 29.1. The van der Waals surface area contributed by atoms with E-state index < -0.39 is 29.7 Å². The normalized spacial score (nSPS) is 17.6. The highest BCUT2D eigenvalue weighted by Gasteiger charge is 2.45. The molecule has 1 atom stereocenters. The summed E-state index contributed by atoms with van der Waals surface area (Å²) in [4.78, 5) is 70.0. The van der Waals surface area contributed by atoms with Gasteiger partial charge in [-0.2, -0.15) is 0 Å². The molecule has 0 radical (unpaired) electrons. The second-order valence-electron chi connectivity index (χ2n) is 13.2. The molecule has 0 spiro atoms. The average molecular weight is 719 g/mol. The molecular formula is C37H34N8O8. The molecule has 0 aliphatic carbocycles. The predicted molar refractivity (Wildman–Crippen MR) is 187 cm³/mol. The Labute approximate surface area is 301 Å². The fraction of sp³-hybridized carbons (Fsp3) is 0.297. The van der Waals surface area contributed by atoms with Crippen molar-refractivity contribution in [2.75, 3.05) is 27.3 Å². The van der Waals surface area contributed by atoms with Crippen LogP contribution in [0.1, 0.15) is 44.8 Å². The molecule has 16 nitrogen and oxygen atoms in total. The number of methoxy groups -OCH3 is 2. The van der Waals surface area contributed by atoms with Gasteiger partial charge in [-0.05, 0) is 53.8 Å². The van der Waals surface area contributed by atoms with Crippen LogP contribution in [0.3, 0.4) is 0 Å². The van der Waals surface area contributed by atoms with E-state index in [0.717, 1.165) is 32.7 Å². The third kappa shape index (κ3) is 6.05. The maximum absolute atomic E-state index is 13.2. The molecule has 5 aromatic rings. The van der Waals surface area contributed by atoms with Gasteiger partial charge >= 0.3 is 0 Å². The number of nitrogens with zero attached hydrogens (tertiary/aromatic N) is 7. The van der Waals surface area contributed by atoms with Gasteiger partial charge in [0, 0.05) is 57.3 Å². The summed E-state index contributed by atoms with van der Waals surface area (Å²) in [7, 11) is 4.89. The summed E-state index contributed by atoms with van der Waals surface area (Å²) < 4.78 is 21.0. The van der Waals surface area contributed by atoms with Crippen molar-refractivity contribution in [1.82, 2.24) is 39.7 Å². The first kappa shape index (κ1) is 33.7. The van der Waals surface area contributed by atoms with Crippen LogP contribution in [0.5, 0.6) is 17.2 Å². The Kier molecular flexibility index (Phi) is 8.45. The van der Waals surface area contributed by atoms with Crippen LogP contribution >= 0.6 is 0 Å². The smallest absolute Gasteiger partial charge is 0.262 e. The number of hydrogen-bond acceptors (Lipinski definition) is 12. The van der Waals surface area contributed by atoms with Crippen LogP contribution in [0.4, 0.5) is 0 Å². The van der Waals surface area contributed by atoms with Gasteiger partial charge in [0.15, 0.2) is 0 Å². The van der Waals surface area contributed by atoms with E-state index in [-0.39, 0.29) is 35.6 Å². The molecule has 270 valence electrons. The first-order valence-electron chi connectivity index (χ1n) is 16.9. The van der Waals surface area contributed by atoms with Crippen molar-refractivity contribution in [3.63, 3.8) is 0 Å². The monoisotopic (exact) mass is 718 g/mol. The number of ether oxygens (including phenoxy) is 3. The minimum absolute atomic E-state index is 0.0567. The summed E-state index contributed by atoms with van der Waals surface area (Å²) in [6.45, 7) is 2.10. The lowest BCUT2D eigenvalue weighted by atomic mass is 9.99. The quantitative estimate of drug-likeness (QED) is 0.208. The average Bonchev–Trinajstić information content (AvgIpc) is 3.69. The van der Waals surface area contributed by atoms with Crippen molar-refractivity contribution in [2.45, 2.75) is 38.1 Å². The molecule has 3 aliphatic heterocycles. The predicted octanol–water partition coefficient (Wildman–Crippen LogP) is 1.92. The molecule has 4 amide bonds. The number of imide groups is 2. The Morgan fingerprint density at radius 1 is 0.868 bits per heavy atom. The molecule has 3 aromatic heterocycles. The van der Waals surface area contributed by atoms with Gasteiger partial charge in [0.1, 0.15) is 29.4 Å². The maximum atomic E-state index is 13.2. The minimum Gasteiger partial charge on any atom is -0.496 e. The van der Waals surface area contributed by atoms with Crippen LogP contribution in [-0.2, 0) is 29.7 Å². The number of rotatable bonds is 10. The van der Waals surface area contributed by atoms with Crippen LogP contribution in [-0.4, -0.2) is 97.4 Å². The molecule has 0 bridgehead atoms. The number of pyridine rings is 2. The lowest BCUT2D eigenvalue weighted by Crippen LogP contribution is -2.54. The standard InChI is InChI=1S/C37H34N8O8/c1-42-18-28(24-8-9-38-13-27(24)35(42)48)20-10-31(51-2)29(32(11-20)52-3)19-44-15-21(40-41-44)14-43-16-23(17-43)53-22-4-5-25-26(12-22)37(50)45(36(25)49)30-6-7-33(46)39-34(30)47/h4-5,8-13,15,18,23,30H,6-7,14,16-17,19H2,1-3H3,(H,39,46,47). The fourth-order valence-electron chi connectivity index (χ4n) is 7.16. The number of likely N-dealkylation sites (tertiary alicyclic amines) is 1. The summed E-state index contributed by atoms with van der Waals surface area (Å²) in [5.41, 5.74) is 3.43. The van der Waals surface area contributed by atoms with E-state index >= 15 is 0 Å². The molecule has 8 rings (SSSR count). The second-order valence-corrected chi connectivity index (χ2v) is 13.2. The van der Waals surface area contributed by atoms with Crippen molar-refractivity contribution < 1.29 is 33.4 Å². The molecule has 2 saturated heterocycles. The Morgan fingerprint density at radius 2 is 1.62 bits per heavy atom. The summed E-state index contributed by atoms with van der Waals surface area (Å²) in [6.07, 6.45) is 6.90. The van der Waals surface area contributed by atoms with Crippen LogP contribution in [0.2, 0.25) is 0 Å². The molecule has 1 N–H and O–H groups in total. The third-order valence-electron chi connectivity index (χ3n) is 9.83. The molecule has 6 heterocycles. The fourth-order valence-corrected chi connectivity index (χ4v) is 7.16. The number of fused-ring (bicyclic) bond motifs is 2. The lowest BCUT2D eigenvalue weighted by molar-refractivity contribution is -0.136. The second kappa shape index (κ2) is 13.3. The van der Waals surface area contributed by atoms with Crippen molar-refractivity contribution in [3.8, 4) is 28.4 Å². The van der Waals surface area contributed by atoms with Gasteiger partial charge in [0.2, 0.25) is 11.8 Å². The van der Waals surface area contributed by atoms with Crippen molar-refractivity contribution in [2.24, 2.45) is 7.05 Å². The number of hydrogen-bond donors (Lipinski definition) is 1. The van der Waals surface area contributed by atoms with Gasteiger partial charge < -0.3 is 18.8 Å². The van der Waals surface area contributed by atoms with E-state index in [1.807, 2.05) is 24.4 Å². The maximum Gasteiger partial charge on any atom is 0.262 e. The highest BCUT2D eigenvalue weighted by molar-refractivity contribution is 6.23. The van der Waals surface area contributed by atoms with Gasteiger partial charge in [0.05, 0.1) is 54.7 Å². The Morgan fingerprint density at radius 3 is 2.36 bits per heavy atom. The van der Waals surface area contributed by atoms with Crippen LogP contribution in [0.15, 0.2) is 66.0 Å². The largest absolute Gasteiger partial charge is 0.496 e. The van der Waals surface area contributed by atoms with Crippen LogP contribution in [0.25, 0.3) is 21.9 Å². The van der Waals surface area contributed by atoms with E-state index in [1.165, 1.54) is 16.7 Å². The SMILES string of the molecule is COc1cc(-c2cn(C)c(=O)c3cnccc23)cc(OC)c1Cn1cc(CN2CC(Oc3ccc4c(c3)C(=O)N(C3CCC(=O)NC3=O)C4=O)C2)nn1. The topological polar surface area (TPSA) is 180 Å². The van der Waals surface area contributed by atoms with Crippen molar-refractivity contribution in [1.29, 1.82) is 0 Å². The van der Waals surface area contributed by atoms with Gasteiger partial charge in [-0.25, -0.2) is 4.68 Å². The number of carbonyl (C=O) groups excluding carboxylic acids is 4. The van der Waals surface area contributed by atoms with Gasteiger partial charge in [0.25, 0.3) is 17.4 Å². The number of carbonyl (C=O) groups is 4. The molecule has 16 heteroatoms. The van der Waals surface area contributed by atoms with Gasteiger partial charge in [-0.1, -0.05) is 5.21 Å². The van der Waals surface area contributed by atoms with E-state index in [2.05, 4.69) is 25.5 Å². The number of aryl methyl sites for hydroxylation is 1. The van der Waals surface area contributed by atoms with Crippen LogP contribution in [0, 0.1) is 0 Å².